The summed E-state index contributed by atoms with van der Waals surface area (Å²) in [5, 5.41) is 2.57. The van der Waals surface area contributed by atoms with Gasteiger partial charge in [0.15, 0.2) is 0 Å². The Balaban J connectivity index is 2.86. The molecule has 2 rings (SSSR count). The largest absolute Gasteiger partial charge is 0.366 e. The first-order chi connectivity index (χ1) is 4.86. The summed E-state index contributed by atoms with van der Waals surface area (Å²) in [6.07, 6.45) is 4.02. The number of aryl methyl sites for hydroxylation is 1. The Morgan fingerprint density at radius 3 is 2.80 bits per heavy atom. The summed E-state index contributed by atoms with van der Waals surface area (Å²) < 4.78 is 0. The zero-order valence-electron chi connectivity index (χ0n) is 5.89. The molecule has 0 bridgehead atoms. The van der Waals surface area contributed by atoms with Crippen LogP contribution in [-0.4, -0.2) is 4.98 Å². The van der Waals surface area contributed by atoms with Crippen LogP contribution in [-0.2, 0) is 0 Å². The summed E-state index contributed by atoms with van der Waals surface area (Å²) >= 11 is 0. The van der Waals surface area contributed by atoms with Gasteiger partial charge in [-0.05, 0) is 23.8 Å². The normalized spacial score (nSPS) is 10.5. The van der Waals surface area contributed by atoms with E-state index in [2.05, 4.69) is 30.1 Å². The van der Waals surface area contributed by atoms with Crippen molar-refractivity contribution in [1.82, 2.24) is 4.98 Å². The molecule has 0 atom stereocenters. The first kappa shape index (κ1) is 5.54. The van der Waals surface area contributed by atoms with Crippen molar-refractivity contribution in [3.05, 3.63) is 36.2 Å². The number of hydrogen-bond acceptors (Lipinski definition) is 0. The van der Waals surface area contributed by atoms with Crippen LogP contribution in [0, 0.1) is 6.92 Å². The van der Waals surface area contributed by atoms with E-state index >= 15 is 0 Å². The summed E-state index contributed by atoms with van der Waals surface area (Å²) in [5.41, 5.74) is 1.31. The molecule has 1 aromatic carbocycles. The molecule has 0 saturated carbocycles. The number of benzene rings is 1. The molecule has 1 aromatic heterocycles. The summed E-state index contributed by atoms with van der Waals surface area (Å²) in [7, 11) is 0. The third kappa shape index (κ3) is 0.711. The van der Waals surface area contributed by atoms with E-state index in [1.165, 1.54) is 16.3 Å². The summed E-state index contributed by atoms with van der Waals surface area (Å²) in [4.78, 5) is 3.06. The lowest BCUT2D eigenvalue weighted by Gasteiger charge is -1.89. The van der Waals surface area contributed by atoms with Gasteiger partial charge in [0.2, 0.25) is 0 Å². The van der Waals surface area contributed by atoms with E-state index in [1.807, 2.05) is 12.4 Å². The highest BCUT2D eigenvalue weighted by atomic mass is 14.6. The predicted octanol–water partition coefficient (Wildman–Crippen LogP) is 2.48. The van der Waals surface area contributed by atoms with Crippen molar-refractivity contribution >= 4 is 10.8 Å². The standard InChI is InChI=1S/C9H9N/c1-7-2-3-8-5-10-6-9(8)4-7/h2-6,10H,1H3. The molecule has 50 valence electrons. The van der Waals surface area contributed by atoms with E-state index in [0.29, 0.717) is 0 Å². The van der Waals surface area contributed by atoms with Gasteiger partial charge in [-0.15, -0.1) is 0 Å². The molecule has 0 unspecified atom stereocenters. The van der Waals surface area contributed by atoms with Gasteiger partial charge in [0, 0.05) is 12.4 Å². The number of hydrogen-bond donors (Lipinski definition) is 1. The summed E-state index contributed by atoms with van der Waals surface area (Å²) in [6.45, 7) is 2.10. The Morgan fingerprint density at radius 1 is 1.10 bits per heavy atom. The number of H-pyrrole nitrogens is 1. The maximum absolute atomic E-state index is 3.06. The molecule has 0 spiro atoms. The zero-order chi connectivity index (χ0) is 6.97. The topological polar surface area (TPSA) is 15.8 Å². The molecule has 0 radical (unpaired) electrons. The van der Waals surface area contributed by atoms with Crippen molar-refractivity contribution < 1.29 is 0 Å². The van der Waals surface area contributed by atoms with Crippen LogP contribution in [0.4, 0.5) is 0 Å². The van der Waals surface area contributed by atoms with Gasteiger partial charge in [-0.3, -0.25) is 0 Å². The lowest BCUT2D eigenvalue weighted by Crippen LogP contribution is -1.67. The molecule has 10 heavy (non-hydrogen) atoms. The Hall–Kier alpha value is -1.24. The second-order valence-corrected chi connectivity index (χ2v) is 2.59. The Morgan fingerprint density at radius 2 is 1.90 bits per heavy atom. The lowest BCUT2D eigenvalue weighted by atomic mass is 10.1. The van der Waals surface area contributed by atoms with Crippen LogP contribution in [0.3, 0.4) is 0 Å². The molecule has 0 aliphatic heterocycles. The van der Waals surface area contributed by atoms with E-state index in [4.69, 9.17) is 0 Å². The number of rotatable bonds is 0. The van der Waals surface area contributed by atoms with E-state index in [-0.39, 0.29) is 0 Å². The van der Waals surface area contributed by atoms with Crippen molar-refractivity contribution in [3.63, 3.8) is 0 Å². The van der Waals surface area contributed by atoms with Gasteiger partial charge in [0.1, 0.15) is 0 Å². The van der Waals surface area contributed by atoms with E-state index < -0.39 is 0 Å². The molecule has 1 heteroatoms. The molecule has 1 N–H and O–H groups in total. The third-order valence-electron chi connectivity index (χ3n) is 1.72. The maximum Gasteiger partial charge on any atom is 0.00844 e. The van der Waals surface area contributed by atoms with Gasteiger partial charge in [0.05, 0.1) is 0 Å². The zero-order valence-corrected chi connectivity index (χ0v) is 5.89. The molecular formula is C9H9N. The number of nitrogens with one attached hydrogen (secondary N) is 1. The smallest absolute Gasteiger partial charge is 0.00844 e. The molecule has 0 amide bonds. The maximum atomic E-state index is 3.06. The van der Waals surface area contributed by atoms with Gasteiger partial charge in [0.25, 0.3) is 0 Å². The third-order valence-corrected chi connectivity index (χ3v) is 1.72. The summed E-state index contributed by atoms with van der Waals surface area (Å²) in [6, 6.07) is 6.42. The average Bonchev–Trinajstić information content (AvgIpc) is 2.33. The van der Waals surface area contributed by atoms with Gasteiger partial charge in [-0.1, -0.05) is 17.7 Å². The van der Waals surface area contributed by atoms with E-state index in [0.717, 1.165) is 0 Å². The Kier molecular flexibility index (Phi) is 1.04. The average molecular weight is 131 g/mol. The van der Waals surface area contributed by atoms with Crippen molar-refractivity contribution in [2.75, 3.05) is 0 Å². The van der Waals surface area contributed by atoms with Gasteiger partial charge in [-0.25, -0.2) is 0 Å². The van der Waals surface area contributed by atoms with E-state index in [1.54, 1.807) is 0 Å². The highest BCUT2D eigenvalue weighted by Gasteiger charge is 1.91. The van der Waals surface area contributed by atoms with E-state index in [9.17, 15) is 0 Å². The molecule has 2 aromatic rings. The Bertz CT molecular complexity index is 346. The van der Waals surface area contributed by atoms with Crippen molar-refractivity contribution in [3.8, 4) is 0 Å². The fourth-order valence-corrected chi connectivity index (χ4v) is 1.17. The molecule has 0 aliphatic rings. The summed E-state index contributed by atoms with van der Waals surface area (Å²) in [5.74, 6) is 0. The highest BCUT2D eigenvalue weighted by molar-refractivity contribution is 5.82. The second-order valence-electron chi connectivity index (χ2n) is 2.59. The van der Waals surface area contributed by atoms with Crippen LogP contribution in [0.1, 0.15) is 5.56 Å². The molecule has 1 nitrogen and oxygen atoms in total. The molecule has 0 aliphatic carbocycles. The first-order valence-electron chi connectivity index (χ1n) is 3.39. The fourth-order valence-electron chi connectivity index (χ4n) is 1.17. The number of fused-ring (bicyclic) bond motifs is 1. The van der Waals surface area contributed by atoms with Gasteiger partial charge >= 0.3 is 0 Å². The highest BCUT2D eigenvalue weighted by Crippen LogP contribution is 2.13. The number of aromatic amines is 1. The van der Waals surface area contributed by atoms with Crippen LogP contribution < -0.4 is 0 Å². The minimum absolute atomic E-state index is 1.28. The molecular weight excluding hydrogens is 122 g/mol. The van der Waals surface area contributed by atoms with Crippen LogP contribution in [0.15, 0.2) is 30.6 Å². The quantitative estimate of drug-likeness (QED) is 0.565. The number of aromatic nitrogens is 1. The second kappa shape index (κ2) is 1.87. The monoisotopic (exact) mass is 131 g/mol. The molecule has 0 saturated heterocycles. The van der Waals surface area contributed by atoms with Crippen LogP contribution in [0.2, 0.25) is 0 Å². The first-order valence-corrected chi connectivity index (χ1v) is 3.39. The van der Waals surface area contributed by atoms with Crippen molar-refractivity contribution in [1.29, 1.82) is 0 Å². The van der Waals surface area contributed by atoms with Crippen LogP contribution in [0.5, 0.6) is 0 Å². The lowest BCUT2D eigenvalue weighted by molar-refractivity contribution is 1.43. The van der Waals surface area contributed by atoms with Crippen LogP contribution >= 0.6 is 0 Å². The van der Waals surface area contributed by atoms with Crippen molar-refractivity contribution in [2.24, 2.45) is 0 Å². The fraction of sp³-hybridized carbons (Fsp3) is 0.111. The van der Waals surface area contributed by atoms with Gasteiger partial charge < -0.3 is 4.98 Å². The Labute approximate surface area is 59.7 Å². The molecule has 1 heterocycles. The SMILES string of the molecule is Cc1ccc2c[nH]cc2c1. The molecule has 0 fully saturated rings. The minimum atomic E-state index is 1.28. The van der Waals surface area contributed by atoms with Gasteiger partial charge in [-0.2, -0.15) is 0 Å². The predicted molar refractivity (Wildman–Crippen MR) is 43.0 cm³/mol. The minimum Gasteiger partial charge on any atom is -0.366 e. The van der Waals surface area contributed by atoms with Crippen molar-refractivity contribution in [2.45, 2.75) is 6.92 Å². The van der Waals surface area contributed by atoms with Crippen LogP contribution in [0.25, 0.3) is 10.8 Å².